The maximum atomic E-state index is 12.4. The summed E-state index contributed by atoms with van der Waals surface area (Å²) in [6, 6.07) is 15.3. The molecule has 2 aromatic rings. The minimum atomic E-state index is -0.134. The van der Waals surface area contributed by atoms with E-state index < -0.39 is 0 Å². The first kappa shape index (κ1) is 16.5. The van der Waals surface area contributed by atoms with E-state index in [1.165, 1.54) is 5.56 Å². The molecule has 0 aliphatic rings. The van der Waals surface area contributed by atoms with Gasteiger partial charge >= 0.3 is 0 Å². The standard InChI is InChI=1S/C16H14Br2ClNO/c17-10-13(8-11-4-2-1-3-5-11)20-16(21)14-9-12(19)6-7-15(14)18/h1-7,9,13H,8,10H2,(H,20,21). The van der Waals surface area contributed by atoms with Gasteiger partial charge in [0.2, 0.25) is 0 Å². The van der Waals surface area contributed by atoms with Gasteiger partial charge in [0.05, 0.1) is 5.56 Å². The molecule has 0 saturated heterocycles. The lowest BCUT2D eigenvalue weighted by Crippen LogP contribution is -2.37. The second kappa shape index (κ2) is 7.97. The summed E-state index contributed by atoms with van der Waals surface area (Å²) in [7, 11) is 0. The highest BCUT2D eigenvalue weighted by molar-refractivity contribution is 9.10. The third-order valence-corrected chi connectivity index (χ3v) is 4.73. The molecule has 5 heteroatoms. The molecule has 1 unspecified atom stereocenters. The molecule has 0 heterocycles. The van der Waals surface area contributed by atoms with E-state index in [1.54, 1.807) is 18.2 Å². The summed E-state index contributed by atoms with van der Waals surface area (Å²) in [5.74, 6) is -0.134. The normalized spacial score (nSPS) is 12.0. The summed E-state index contributed by atoms with van der Waals surface area (Å²) in [4.78, 5) is 12.4. The molecule has 2 rings (SSSR count). The Morgan fingerprint density at radius 1 is 1.19 bits per heavy atom. The van der Waals surface area contributed by atoms with Crippen LogP contribution in [0, 0.1) is 0 Å². The molecule has 2 nitrogen and oxygen atoms in total. The Hall–Kier alpha value is -0.840. The van der Waals surface area contributed by atoms with Crippen molar-refractivity contribution in [2.45, 2.75) is 12.5 Å². The molecule has 21 heavy (non-hydrogen) atoms. The molecular weight excluding hydrogens is 417 g/mol. The summed E-state index contributed by atoms with van der Waals surface area (Å²) >= 11 is 12.8. The average Bonchev–Trinajstić information content (AvgIpc) is 2.50. The molecule has 0 bridgehead atoms. The van der Waals surface area contributed by atoms with Crippen LogP contribution < -0.4 is 5.32 Å². The van der Waals surface area contributed by atoms with Crippen LogP contribution in [0.15, 0.2) is 53.0 Å². The maximum Gasteiger partial charge on any atom is 0.252 e. The lowest BCUT2D eigenvalue weighted by atomic mass is 10.1. The topological polar surface area (TPSA) is 29.1 Å². The summed E-state index contributed by atoms with van der Waals surface area (Å²) in [6.07, 6.45) is 0.774. The molecule has 110 valence electrons. The maximum absolute atomic E-state index is 12.4. The van der Waals surface area contributed by atoms with E-state index in [9.17, 15) is 4.79 Å². The number of nitrogens with one attached hydrogen (secondary N) is 1. The van der Waals surface area contributed by atoms with Crippen LogP contribution in [0.3, 0.4) is 0 Å². The van der Waals surface area contributed by atoms with Crippen LogP contribution in [-0.4, -0.2) is 17.3 Å². The van der Waals surface area contributed by atoms with Crippen molar-refractivity contribution < 1.29 is 4.79 Å². The first-order chi connectivity index (χ1) is 10.1. The fourth-order valence-electron chi connectivity index (χ4n) is 1.98. The predicted molar refractivity (Wildman–Crippen MR) is 94.3 cm³/mol. The van der Waals surface area contributed by atoms with E-state index in [0.717, 1.165) is 10.9 Å². The molecule has 0 fully saturated rings. The minimum absolute atomic E-state index is 0.0192. The molecule has 0 spiro atoms. The van der Waals surface area contributed by atoms with Gasteiger partial charge in [0, 0.05) is 20.9 Å². The monoisotopic (exact) mass is 429 g/mol. The van der Waals surface area contributed by atoms with Gasteiger partial charge in [0.15, 0.2) is 0 Å². The molecule has 1 amide bonds. The second-order valence-electron chi connectivity index (χ2n) is 4.64. The minimum Gasteiger partial charge on any atom is -0.348 e. The number of benzene rings is 2. The van der Waals surface area contributed by atoms with Crippen molar-refractivity contribution >= 4 is 49.4 Å². The lowest BCUT2D eigenvalue weighted by molar-refractivity contribution is 0.0940. The Labute approximate surface area is 146 Å². The van der Waals surface area contributed by atoms with Gasteiger partial charge in [-0.05, 0) is 46.1 Å². The van der Waals surface area contributed by atoms with Crippen molar-refractivity contribution in [2.75, 3.05) is 5.33 Å². The first-order valence-corrected chi connectivity index (χ1v) is 8.75. The predicted octanol–water partition coefficient (Wildman–Crippen LogP) is 4.84. The number of carbonyl (C=O) groups excluding carboxylic acids is 1. The zero-order valence-electron chi connectivity index (χ0n) is 11.2. The van der Waals surface area contributed by atoms with Crippen molar-refractivity contribution in [3.8, 4) is 0 Å². The van der Waals surface area contributed by atoms with Crippen LogP contribution in [-0.2, 0) is 6.42 Å². The Morgan fingerprint density at radius 3 is 2.57 bits per heavy atom. The fourth-order valence-corrected chi connectivity index (χ4v) is 2.97. The van der Waals surface area contributed by atoms with Gasteiger partial charge in [0.1, 0.15) is 0 Å². The summed E-state index contributed by atoms with van der Waals surface area (Å²) in [6.45, 7) is 0. The third-order valence-electron chi connectivity index (χ3n) is 3.02. The van der Waals surface area contributed by atoms with Gasteiger partial charge in [-0.25, -0.2) is 0 Å². The highest BCUT2D eigenvalue weighted by Crippen LogP contribution is 2.21. The van der Waals surface area contributed by atoms with Crippen molar-refractivity contribution in [2.24, 2.45) is 0 Å². The van der Waals surface area contributed by atoms with Gasteiger partial charge in [-0.3, -0.25) is 4.79 Å². The Bertz CT molecular complexity index is 619. The lowest BCUT2D eigenvalue weighted by Gasteiger charge is -2.17. The van der Waals surface area contributed by atoms with Crippen LogP contribution in [0.25, 0.3) is 0 Å². The summed E-state index contributed by atoms with van der Waals surface area (Å²) < 4.78 is 0.734. The number of carbonyl (C=O) groups is 1. The van der Waals surface area contributed by atoms with Gasteiger partial charge in [-0.2, -0.15) is 0 Å². The van der Waals surface area contributed by atoms with E-state index in [1.807, 2.05) is 18.2 Å². The number of hydrogen-bond acceptors (Lipinski definition) is 1. The van der Waals surface area contributed by atoms with E-state index >= 15 is 0 Å². The summed E-state index contributed by atoms with van der Waals surface area (Å²) in [5.41, 5.74) is 1.73. The molecule has 0 saturated carbocycles. The number of hydrogen-bond donors (Lipinski definition) is 1. The zero-order chi connectivity index (χ0) is 15.2. The zero-order valence-corrected chi connectivity index (χ0v) is 15.1. The smallest absolute Gasteiger partial charge is 0.252 e. The van der Waals surface area contributed by atoms with Crippen LogP contribution in [0.4, 0.5) is 0 Å². The van der Waals surface area contributed by atoms with Gasteiger partial charge in [0.25, 0.3) is 5.91 Å². The molecule has 2 aromatic carbocycles. The van der Waals surface area contributed by atoms with Gasteiger partial charge in [-0.15, -0.1) is 0 Å². The number of rotatable bonds is 5. The largest absolute Gasteiger partial charge is 0.348 e. The Kier molecular flexibility index (Phi) is 6.27. The van der Waals surface area contributed by atoms with E-state index in [4.69, 9.17) is 11.6 Å². The van der Waals surface area contributed by atoms with Crippen molar-refractivity contribution in [3.63, 3.8) is 0 Å². The Balaban J connectivity index is 2.07. The first-order valence-electron chi connectivity index (χ1n) is 6.46. The highest BCUT2D eigenvalue weighted by Gasteiger charge is 2.16. The van der Waals surface area contributed by atoms with Gasteiger partial charge < -0.3 is 5.32 Å². The molecule has 0 aliphatic carbocycles. The van der Waals surface area contributed by atoms with E-state index in [2.05, 4.69) is 49.3 Å². The van der Waals surface area contributed by atoms with Crippen LogP contribution in [0.2, 0.25) is 5.02 Å². The van der Waals surface area contributed by atoms with Crippen molar-refractivity contribution in [3.05, 3.63) is 69.2 Å². The van der Waals surface area contributed by atoms with Crippen LogP contribution in [0.1, 0.15) is 15.9 Å². The fraction of sp³-hybridized carbons (Fsp3) is 0.188. The molecule has 1 atom stereocenters. The number of amides is 1. The summed E-state index contributed by atoms with van der Waals surface area (Å²) in [5, 5.41) is 4.25. The van der Waals surface area contributed by atoms with Crippen molar-refractivity contribution in [1.82, 2.24) is 5.32 Å². The van der Waals surface area contributed by atoms with Crippen LogP contribution in [0.5, 0.6) is 0 Å². The van der Waals surface area contributed by atoms with Crippen molar-refractivity contribution in [1.29, 1.82) is 0 Å². The molecule has 0 aromatic heterocycles. The quantitative estimate of drug-likeness (QED) is 0.675. The molecule has 0 radical (unpaired) electrons. The average molecular weight is 432 g/mol. The van der Waals surface area contributed by atoms with Gasteiger partial charge in [-0.1, -0.05) is 57.9 Å². The van der Waals surface area contributed by atoms with Crippen LogP contribution >= 0.6 is 43.5 Å². The molecule has 0 aliphatic heterocycles. The number of halogens is 3. The highest BCUT2D eigenvalue weighted by atomic mass is 79.9. The second-order valence-corrected chi connectivity index (χ2v) is 6.58. The van der Waals surface area contributed by atoms with E-state index in [-0.39, 0.29) is 11.9 Å². The third kappa shape index (κ3) is 4.83. The Morgan fingerprint density at radius 2 is 1.90 bits per heavy atom. The molecule has 1 N–H and O–H groups in total. The SMILES string of the molecule is O=C(NC(CBr)Cc1ccccc1)c1cc(Cl)ccc1Br. The molecular formula is C16H14Br2ClNO. The number of alkyl halides is 1. The van der Waals surface area contributed by atoms with E-state index in [0.29, 0.717) is 15.9 Å².